The Morgan fingerprint density at radius 1 is 1.62 bits per heavy atom. The van der Waals surface area contributed by atoms with Crippen molar-refractivity contribution in [3.8, 4) is 0 Å². The molecule has 2 fully saturated rings. The van der Waals surface area contributed by atoms with Crippen molar-refractivity contribution in [3.05, 3.63) is 0 Å². The summed E-state index contributed by atoms with van der Waals surface area (Å²) in [6, 6.07) is 0. The molecule has 0 heterocycles. The molecule has 2 bridgehead atoms. The van der Waals surface area contributed by atoms with Crippen molar-refractivity contribution in [2.45, 2.75) is 38.0 Å². The molecular weight excluding hydrogens is 186 g/mol. The molecule has 0 unspecified atom stereocenters. The Labute approximate surface area is 83.8 Å². The number of amides is 1. The highest BCUT2D eigenvalue weighted by Gasteiger charge is 2.53. The maximum atomic E-state index is 11.2. The quantitative estimate of drug-likeness (QED) is 0.648. The molecule has 2 N–H and O–H groups in total. The van der Waals surface area contributed by atoms with Crippen molar-refractivity contribution >= 4 is 17.5 Å². The van der Waals surface area contributed by atoms with Crippen LogP contribution in [0, 0.1) is 17.3 Å². The number of carbonyl (C=O) groups is 1. The number of alkyl halides is 1. The SMILES string of the molecule is C[C@]12CCC[C@H]([C@H](C(N)=O)C1)[C@@H]2Cl. The average Bonchev–Trinajstić information content (AvgIpc) is 2.25. The molecule has 13 heavy (non-hydrogen) atoms. The molecule has 74 valence electrons. The van der Waals surface area contributed by atoms with E-state index >= 15 is 0 Å². The van der Waals surface area contributed by atoms with Crippen LogP contribution in [-0.2, 0) is 4.79 Å². The highest BCUT2D eigenvalue weighted by atomic mass is 35.5. The zero-order valence-electron chi connectivity index (χ0n) is 7.92. The largest absolute Gasteiger partial charge is 0.369 e. The molecular formula is C10H16ClNO. The van der Waals surface area contributed by atoms with Crippen LogP contribution in [0.25, 0.3) is 0 Å². The molecule has 2 nitrogen and oxygen atoms in total. The normalized spacial score (nSPS) is 49.2. The number of fused-ring (bicyclic) bond motifs is 2. The third-order valence-electron chi connectivity index (χ3n) is 3.90. The summed E-state index contributed by atoms with van der Waals surface area (Å²) in [6.45, 7) is 2.19. The van der Waals surface area contributed by atoms with Crippen LogP contribution in [0.15, 0.2) is 0 Å². The van der Waals surface area contributed by atoms with Gasteiger partial charge in [0.1, 0.15) is 0 Å². The minimum absolute atomic E-state index is 0.0370. The van der Waals surface area contributed by atoms with Crippen molar-refractivity contribution < 1.29 is 4.79 Å². The van der Waals surface area contributed by atoms with E-state index in [4.69, 9.17) is 17.3 Å². The van der Waals surface area contributed by atoms with E-state index in [2.05, 4.69) is 6.92 Å². The molecule has 0 saturated heterocycles. The second-order valence-corrected chi connectivity index (χ2v) is 5.30. The van der Waals surface area contributed by atoms with E-state index in [0.29, 0.717) is 5.92 Å². The third kappa shape index (κ3) is 1.26. The second-order valence-electron chi connectivity index (χ2n) is 4.82. The lowest BCUT2D eigenvalue weighted by Crippen LogP contribution is -2.32. The third-order valence-corrected chi connectivity index (χ3v) is 4.75. The standard InChI is InChI=1S/C10H16ClNO/c1-10-4-2-3-6(8(10)11)7(5-10)9(12)13/h6-8H,2-5H2,1H3,(H2,12,13)/t6-,7-,8+,10+/m1/s1. The lowest BCUT2D eigenvalue weighted by molar-refractivity contribution is -0.122. The summed E-state index contributed by atoms with van der Waals surface area (Å²) >= 11 is 6.35. The Bertz CT molecular complexity index is 243. The molecule has 0 aromatic rings. The van der Waals surface area contributed by atoms with Gasteiger partial charge in [-0.25, -0.2) is 0 Å². The van der Waals surface area contributed by atoms with Gasteiger partial charge in [-0.1, -0.05) is 13.3 Å². The number of primary amides is 1. The van der Waals surface area contributed by atoms with Crippen LogP contribution in [0.2, 0.25) is 0 Å². The van der Waals surface area contributed by atoms with Crippen LogP contribution in [0.1, 0.15) is 32.6 Å². The molecule has 0 spiro atoms. The molecule has 0 aromatic heterocycles. The lowest BCUT2D eigenvalue weighted by atomic mass is 9.77. The lowest BCUT2D eigenvalue weighted by Gasteiger charge is -2.34. The van der Waals surface area contributed by atoms with Gasteiger partial charge >= 0.3 is 0 Å². The summed E-state index contributed by atoms with van der Waals surface area (Å²) in [5.41, 5.74) is 5.55. The van der Waals surface area contributed by atoms with Gasteiger partial charge in [-0.15, -0.1) is 11.6 Å². The molecule has 0 radical (unpaired) electrons. The predicted octanol–water partition coefficient (Wildman–Crippen LogP) is 1.91. The van der Waals surface area contributed by atoms with Gasteiger partial charge < -0.3 is 5.73 Å². The van der Waals surface area contributed by atoms with E-state index in [9.17, 15) is 4.79 Å². The molecule has 4 atom stereocenters. The number of carbonyl (C=O) groups excluding carboxylic acids is 1. The molecule has 2 saturated carbocycles. The molecule has 2 aliphatic carbocycles. The first kappa shape index (κ1) is 9.32. The zero-order valence-corrected chi connectivity index (χ0v) is 8.68. The minimum Gasteiger partial charge on any atom is -0.369 e. The second kappa shape index (κ2) is 2.88. The topological polar surface area (TPSA) is 43.1 Å². The van der Waals surface area contributed by atoms with Crippen molar-refractivity contribution in [3.63, 3.8) is 0 Å². The van der Waals surface area contributed by atoms with E-state index in [1.54, 1.807) is 0 Å². The van der Waals surface area contributed by atoms with Crippen LogP contribution in [0.4, 0.5) is 0 Å². The molecule has 0 aliphatic heterocycles. The first-order valence-electron chi connectivity index (χ1n) is 4.98. The van der Waals surface area contributed by atoms with Crippen LogP contribution in [0.3, 0.4) is 0 Å². The van der Waals surface area contributed by atoms with E-state index in [1.807, 2.05) is 0 Å². The van der Waals surface area contributed by atoms with Crippen molar-refractivity contribution in [1.29, 1.82) is 0 Å². The highest BCUT2D eigenvalue weighted by Crippen LogP contribution is 2.56. The van der Waals surface area contributed by atoms with E-state index < -0.39 is 0 Å². The molecule has 0 aromatic carbocycles. The molecule has 2 rings (SSSR count). The number of rotatable bonds is 1. The Kier molecular flexibility index (Phi) is 2.06. The smallest absolute Gasteiger partial charge is 0.220 e. The maximum Gasteiger partial charge on any atom is 0.220 e. The van der Waals surface area contributed by atoms with Crippen LogP contribution in [0.5, 0.6) is 0 Å². The van der Waals surface area contributed by atoms with E-state index in [-0.39, 0.29) is 22.6 Å². The molecule has 1 amide bonds. The maximum absolute atomic E-state index is 11.2. The fourth-order valence-corrected chi connectivity index (χ4v) is 3.63. The van der Waals surface area contributed by atoms with Crippen LogP contribution < -0.4 is 5.73 Å². The van der Waals surface area contributed by atoms with Crippen molar-refractivity contribution in [1.82, 2.24) is 0 Å². The molecule has 3 heteroatoms. The number of hydrogen-bond acceptors (Lipinski definition) is 1. The summed E-state index contributed by atoms with van der Waals surface area (Å²) in [5, 5.41) is 0.166. The number of hydrogen-bond donors (Lipinski definition) is 1. The zero-order chi connectivity index (χ0) is 9.64. The number of nitrogens with two attached hydrogens (primary N) is 1. The predicted molar refractivity (Wildman–Crippen MR) is 52.4 cm³/mol. The van der Waals surface area contributed by atoms with Gasteiger partial charge in [-0.3, -0.25) is 4.79 Å². The van der Waals surface area contributed by atoms with Gasteiger partial charge in [0.2, 0.25) is 5.91 Å². The first-order chi connectivity index (χ1) is 6.04. The Morgan fingerprint density at radius 3 is 2.85 bits per heavy atom. The number of halogens is 1. The van der Waals surface area contributed by atoms with E-state index in [1.165, 1.54) is 6.42 Å². The van der Waals surface area contributed by atoms with Gasteiger partial charge in [0.15, 0.2) is 0 Å². The highest BCUT2D eigenvalue weighted by molar-refractivity contribution is 6.21. The summed E-state index contributed by atoms with van der Waals surface area (Å²) < 4.78 is 0. The van der Waals surface area contributed by atoms with Crippen LogP contribution >= 0.6 is 11.6 Å². The van der Waals surface area contributed by atoms with Gasteiger partial charge in [-0.2, -0.15) is 0 Å². The monoisotopic (exact) mass is 201 g/mol. The van der Waals surface area contributed by atoms with Crippen LogP contribution in [-0.4, -0.2) is 11.3 Å². The summed E-state index contributed by atoms with van der Waals surface area (Å²) in [5.74, 6) is 0.231. The van der Waals surface area contributed by atoms with Crippen molar-refractivity contribution in [2.75, 3.05) is 0 Å². The Balaban J connectivity index is 2.26. The minimum atomic E-state index is -0.152. The van der Waals surface area contributed by atoms with Gasteiger partial charge in [0.25, 0.3) is 0 Å². The summed E-state index contributed by atoms with van der Waals surface area (Å²) in [6.07, 6.45) is 4.34. The molecule has 2 aliphatic rings. The van der Waals surface area contributed by atoms with Crippen molar-refractivity contribution in [2.24, 2.45) is 23.0 Å². The summed E-state index contributed by atoms with van der Waals surface area (Å²) in [4.78, 5) is 11.2. The average molecular weight is 202 g/mol. The Hall–Kier alpha value is -0.240. The van der Waals surface area contributed by atoms with Gasteiger partial charge in [-0.05, 0) is 30.6 Å². The van der Waals surface area contributed by atoms with E-state index in [0.717, 1.165) is 19.3 Å². The van der Waals surface area contributed by atoms with Gasteiger partial charge in [0, 0.05) is 11.3 Å². The summed E-state index contributed by atoms with van der Waals surface area (Å²) in [7, 11) is 0. The Morgan fingerprint density at radius 2 is 2.31 bits per heavy atom. The first-order valence-corrected chi connectivity index (χ1v) is 5.42. The van der Waals surface area contributed by atoms with Gasteiger partial charge in [0.05, 0.1) is 0 Å². The fraction of sp³-hybridized carbons (Fsp3) is 0.900. The fourth-order valence-electron chi connectivity index (χ4n) is 3.13.